The molecular formula is C23H20ClF2NO6. The van der Waals surface area contributed by atoms with E-state index in [9.17, 15) is 33.1 Å². The first kappa shape index (κ1) is 24.3. The number of rotatable bonds is 9. The third-order valence-electron chi connectivity index (χ3n) is 5.55. The maximum absolute atomic E-state index is 14.3. The van der Waals surface area contributed by atoms with Crippen LogP contribution in [-0.4, -0.2) is 28.7 Å². The lowest BCUT2D eigenvalue weighted by Gasteiger charge is -2.17. The van der Waals surface area contributed by atoms with E-state index in [0.717, 1.165) is 12.1 Å². The highest BCUT2D eigenvalue weighted by Crippen LogP contribution is 2.35. The largest absolute Gasteiger partial charge is 0.481 e. The van der Waals surface area contributed by atoms with Crippen molar-refractivity contribution in [2.75, 3.05) is 0 Å². The normalized spacial score (nSPS) is 16.2. The summed E-state index contributed by atoms with van der Waals surface area (Å²) in [6, 6.07) is 8.95. The Bertz CT molecular complexity index is 1100. The average Bonchev–Trinajstić information content (AvgIpc) is 3.07. The van der Waals surface area contributed by atoms with Crippen molar-refractivity contribution in [3.05, 3.63) is 69.7 Å². The van der Waals surface area contributed by atoms with Crippen molar-refractivity contribution < 1.29 is 37.8 Å². The van der Waals surface area contributed by atoms with E-state index in [-0.39, 0.29) is 30.1 Å². The van der Waals surface area contributed by atoms with Gasteiger partial charge in [-0.15, -0.1) is 0 Å². The minimum absolute atomic E-state index is 0.0701. The van der Waals surface area contributed by atoms with Gasteiger partial charge in [0.2, 0.25) is 5.91 Å². The maximum Gasteiger partial charge on any atom is 0.382 e. The van der Waals surface area contributed by atoms with Crippen LogP contribution < -0.4 is 5.73 Å². The van der Waals surface area contributed by atoms with E-state index < -0.39 is 47.8 Å². The van der Waals surface area contributed by atoms with Gasteiger partial charge < -0.3 is 15.6 Å². The van der Waals surface area contributed by atoms with Gasteiger partial charge in [0.05, 0.1) is 5.92 Å². The number of esters is 1. The zero-order valence-electron chi connectivity index (χ0n) is 17.2. The Hall–Kier alpha value is -3.33. The van der Waals surface area contributed by atoms with Gasteiger partial charge in [0.25, 0.3) is 0 Å². The number of hydrogen-bond acceptors (Lipinski definition) is 5. The molecule has 10 heteroatoms. The summed E-state index contributed by atoms with van der Waals surface area (Å²) in [6.45, 7) is -0.460. The Morgan fingerprint density at radius 2 is 1.85 bits per heavy atom. The van der Waals surface area contributed by atoms with Crippen LogP contribution >= 0.6 is 11.6 Å². The Morgan fingerprint density at radius 3 is 2.45 bits per heavy atom. The highest BCUT2D eigenvalue weighted by molar-refractivity contribution is 6.30. The first-order valence-electron chi connectivity index (χ1n) is 9.99. The molecule has 0 aliphatic heterocycles. The number of ether oxygens (including phenoxy) is 1. The molecule has 0 fully saturated rings. The minimum atomic E-state index is -3.88. The molecule has 7 nitrogen and oxygen atoms in total. The summed E-state index contributed by atoms with van der Waals surface area (Å²) in [5.74, 6) is -9.82. The fourth-order valence-corrected chi connectivity index (χ4v) is 3.94. The molecule has 3 N–H and O–H groups in total. The van der Waals surface area contributed by atoms with Crippen LogP contribution in [-0.2, 0) is 38.1 Å². The van der Waals surface area contributed by atoms with Crippen molar-refractivity contribution in [2.45, 2.75) is 31.8 Å². The lowest BCUT2D eigenvalue weighted by molar-refractivity contribution is -0.175. The van der Waals surface area contributed by atoms with Crippen LogP contribution in [0.2, 0.25) is 5.02 Å². The third kappa shape index (κ3) is 5.36. The number of Topliss-reactive ketones (excluding diaryl/α,β-unsaturated/α-hetero) is 1. The summed E-state index contributed by atoms with van der Waals surface area (Å²) in [5, 5.41) is 9.73. The second-order valence-electron chi connectivity index (χ2n) is 7.77. The fraction of sp³-hybridized carbons (Fsp3) is 0.304. The van der Waals surface area contributed by atoms with Crippen LogP contribution in [0.5, 0.6) is 0 Å². The summed E-state index contributed by atoms with van der Waals surface area (Å²) < 4.78 is 33.5. The van der Waals surface area contributed by atoms with E-state index in [1.807, 2.05) is 0 Å². The van der Waals surface area contributed by atoms with Crippen LogP contribution in [0.25, 0.3) is 0 Å². The number of fused-ring (bicyclic) bond motifs is 1. The van der Waals surface area contributed by atoms with Gasteiger partial charge >= 0.3 is 17.9 Å². The second kappa shape index (κ2) is 9.66. The molecule has 0 radical (unpaired) electrons. The van der Waals surface area contributed by atoms with Gasteiger partial charge in [-0.25, -0.2) is 4.79 Å². The average molecular weight is 480 g/mol. The van der Waals surface area contributed by atoms with Gasteiger partial charge in [0, 0.05) is 28.5 Å². The summed E-state index contributed by atoms with van der Waals surface area (Å²) in [5.41, 5.74) is 5.73. The number of hydrogen-bond donors (Lipinski definition) is 2. The van der Waals surface area contributed by atoms with Gasteiger partial charge in [-0.1, -0.05) is 41.9 Å². The first-order chi connectivity index (χ1) is 15.5. The molecule has 1 aliphatic rings. The number of carbonyl (C=O) groups excluding carboxylic acids is 3. The zero-order chi connectivity index (χ0) is 24.3. The van der Waals surface area contributed by atoms with Crippen molar-refractivity contribution in [3.63, 3.8) is 0 Å². The third-order valence-corrected chi connectivity index (χ3v) is 5.80. The number of carboxylic acid groups (broad SMARTS) is 1. The lowest BCUT2D eigenvalue weighted by atomic mass is 9.85. The predicted octanol–water partition coefficient (Wildman–Crippen LogP) is 3.50. The molecule has 174 valence electrons. The van der Waals surface area contributed by atoms with Crippen molar-refractivity contribution in [3.8, 4) is 0 Å². The molecule has 1 aliphatic carbocycles. The van der Waals surface area contributed by atoms with Crippen LogP contribution in [0.15, 0.2) is 42.5 Å². The van der Waals surface area contributed by atoms with Crippen LogP contribution in [0.1, 0.15) is 39.9 Å². The lowest BCUT2D eigenvalue weighted by Crippen LogP contribution is -2.29. The number of carbonyl (C=O) groups is 4. The molecule has 2 atom stereocenters. The monoisotopic (exact) mass is 479 g/mol. The number of halogens is 3. The first-order valence-corrected chi connectivity index (χ1v) is 10.4. The summed E-state index contributed by atoms with van der Waals surface area (Å²) in [7, 11) is 0. The number of benzene rings is 2. The van der Waals surface area contributed by atoms with Crippen molar-refractivity contribution in [1.82, 2.24) is 0 Å². The number of nitrogens with two attached hydrogens (primary N) is 1. The number of amides is 1. The van der Waals surface area contributed by atoms with Crippen LogP contribution in [0.3, 0.4) is 0 Å². The molecule has 3 rings (SSSR count). The highest BCUT2D eigenvalue weighted by Gasteiger charge is 2.43. The van der Waals surface area contributed by atoms with E-state index in [2.05, 4.69) is 0 Å². The van der Waals surface area contributed by atoms with E-state index in [4.69, 9.17) is 22.1 Å². The van der Waals surface area contributed by atoms with E-state index >= 15 is 0 Å². The Kier molecular flexibility index (Phi) is 7.12. The summed E-state index contributed by atoms with van der Waals surface area (Å²) in [6.07, 6.45) is -0.133. The smallest absolute Gasteiger partial charge is 0.382 e. The van der Waals surface area contributed by atoms with Crippen molar-refractivity contribution in [2.24, 2.45) is 17.6 Å². The standard InChI is InChI=1S/C23H20ClF2NO6/c24-15-4-2-14(3-5-15)23(25,26)22(32)33-11-12-1-6-16-13(9-12)10-18(20(16)29)17(21(30)31)7-8-19(27)28/h1-6,9,17-18H,7-8,10-11H2,(H2,27,28)(H,30,31). The van der Waals surface area contributed by atoms with E-state index in [1.54, 1.807) is 0 Å². The molecule has 0 saturated heterocycles. The number of carboxylic acids is 1. The molecule has 2 aromatic rings. The number of ketones is 1. The van der Waals surface area contributed by atoms with Gasteiger partial charge in [-0.3, -0.25) is 14.4 Å². The maximum atomic E-state index is 14.3. The molecule has 1 amide bonds. The van der Waals surface area contributed by atoms with Crippen LogP contribution in [0, 0.1) is 11.8 Å². The summed E-state index contributed by atoms with van der Waals surface area (Å²) >= 11 is 5.68. The highest BCUT2D eigenvalue weighted by atomic mass is 35.5. The quantitative estimate of drug-likeness (QED) is 0.530. The van der Waals surface area contributed by atoms with Gasteiger partial charge in [0.15, 0.2) is 5.78 Å². The fourth-order valence-electron chi connectivity index (χ4n) is 3.81. The Morgan fingerprint density at radius 1 is 1.18 bits per heavy atom. The van der Waals surface area contributed by atoms with Gasteiger partial charge in [-0.05, 0) is 36.1 Å². The Balaban J connectivity index is 1.69. The SMILES string of the molecule is NC(=O)CCC(C(=O)O)C1Cc2cc(COC(=O)C(F)(F)c3ccc(Cl)cc3)ccc2C1=O. The van der Waals surface area contributed by atoms with Crippen LogP contribution in [0.4, 0.5) is 8.78 Å². The predicted molar refractivity (Wildman–Crippen MR) is 113 cm³/mol. The Labute approximate surface area is 192 Å². The number of aliphatic carboxylic acids is 1. The van der Waals surface area contributed by atoms with Gasteiger partial charge in [-0.2, -0.15) is 8.78 Å². The molecule has 0 saturated carbocycles. The minimum Gasteiger partial charge on any atom is -0.481 e. The number of alkyl halides is 2. The molecule has 0 aromatic heterocycles. The molecule has 0 heterocycles. The second-order valence-corrected chi connectivity index (χ2v) is 8.21. The van der Waals surface area contributed by atoms with E-state index in [1.165, 1.54) is 30.3 Å². The summed E-state index contributed by atoms with van der Waals surface area (Å²) in [4.78, 5) is 47.4. The molecule has 33 heavy (non-hydrogen) atoms. The molecule has 2 unspecified atom stereocenters. The molecule has 0 spiro atoms. The molecular weight excluding hydrogens is 460 g/mol. The molecule has 0 bridgehead atoms. The zero-order valence-corrected chi connectivity index (χ0v) is 18.0. The van der Waals surface area contributed by atoms with E-state index in [0.29, 0.717) is 16.7 Å². The topological polar surface area (TPSA) is 124 Å². The molecule has 2 aromatic carbocycles. The van der Waals surface area contributed by atoms with Crippen molar-refractivity contribution >= 4 is 35.2 Å². The van der Waals surface area contributed by atoms with Gasteiger partial charge in [0.1, 0.15) is 6.61 Å². The van der Waals surface area contributed by atoms with Crippen molar-refractivity contribution in [1.29, 1.82) is 0 Å². The number of primary amides is 1.